The second-order valence-corrected chi connectivity index (χ2v) is 7.82. The van der Waals surface area contributed by atoms with Crippen molar-refractivity contribution in [1.82, 2.24) is 16.0 Å². The van der Waals surface area contributed by atoms with E-state index in [1.807, 2.05) is 37.3 Å². The highest BCUT2D eigenvalue weighted by Gasteiger charge is 2.23. The standard InChI is InChI=1S/C24H33N5O/c1-4-18(2)27-23(30)20-10-8-9-19(15-20)16-26-24(25-3)28-21-13-14-29(17-21)22-11-6-5-7-12-22/h5-12,15,18,21H,4,13-14,16-17H2,1-3H3,(H,27,30)(H2,25,26,28). The first-order valence-electron chi connectivity index (χ1n) is 10.8. The molecule has 3 N–H and O–H groups in total. The van der Waals surface area contributed by atoms with Gasteiger partial charge in [-0.25, -0.2) is 0 Å². The number of para-hydroxylation sites is 1. The number of amides is 1. The summed E-state index contributed by atoms with van der Waals surface area (Å²) < 4.78 is 0. The van der Waals surface area contributed by atoms with Crippen molar-refractivity contribution < 1.29 is 4.79 Å². The van der Waals surface area contributed by atoms with Crippen molar-refractivity contribution in [3.8, 4) is 0 Å². The molecule has 160 valence electrons. The van der Waals surface area contributed by atoms with Crippen LogP contribution >= 0.6 is 0 Å². The van der Waals surface area contributed by atoms with Crippen LogP contribution in [0.15, 0.2) is 59.6 Å². The largest absolute Gasteiger partial charge is 0.369 e. The molecule has 1 fully saturated rings. The van der Waals surface area contributed by atoms with E-state index < -0.39 is 0 Å². The second-order valence-electron chi connectivity index (χ2n) is 7.82. The summed E-state index contributed by atoms with van der Waals surface area (Å²) in [6, 6.07) is 18.8. The third kappa shape index (κ3) is 5.99. The number of carbonyl (C=O) groups is 1. The molecule has 2 aromatic rings. The Labute approximate surface area is 179 Å². The summed E-state index contributed by atoms with van der Waals surface area (Å²) in [7, 11) is 1.79. The van der Waals surface area contributed by atoms with Gasteiger partial charge in [-0.05, 0) is 49.6 Å². The van der Waals surface area contributed by atoms with Gasteiger partial charge >= 0.3 is 0 Å². The predicted octanol–water partition coefficient (Wildman–Crippen LogP) is 3.16. The maximum atomic E-state index is 12.4. The number of benzene rings is 2. The first-order chi connectivity index (χ1) is 14.6. The van der Waals surface area contributed by atoms with Crippen molar-refractivity contribution in [3.05, 3.63) is 65.7 Å². The van der Waals surface area contributed by atoms with E-state index in [-0.39, 0.29) is 11.9 Å². The minimum atomic E-state index is -0.0272. The summed E-state index contributed by atoms with van der Waals surface area (Å²) in [6.45, 7) is 6.68. The van der Waals surface area contributed by atoms with Crippen LogP contribution in [0.5, 0.6) is 0 Å². The average Bonchev–Trinajstić information content (AvgIpc) is 3.25. The minimum absolute atomic E-state index is 0.0272. The number of nitrogens with one attached hydrogen (secondary N) is 3. The molecule has 1 heterocycles. The Bertz CT molecular complexity index is 852. The Morgan fingerprint density at radius 2 is 2.00 bits per heavy atom. The van der Waals surface area contributed by atoms with E-state index in [0.29, 0.717) is 18.2 Å². The van der Waals surface area contributed by atoms with Crippen LogP contribution in [0.2, 0.25) is 0 Å². The number of hydrogen-bond acceptors (Lipinski definition) is 3. The quantitative estimate of drug-likeness (QED) is 0.487. The molecule has 2 aromatic carbocycles. The predicted molar refractivity (Wildman–Crippen MR) is 124 cm³/mol. The Morgan fingerprint density at radius 1 is 1.20 bits per heavy atom. The zero-order chi connectivity index (χ0) is 21.3. The number of hydrogen-bond donors (Lipinski definition) is 3. The summed E-state index contributed by atoms with van der Waals surface area (Å²) in [5.74, 6) is 0.755. The highest BCUT2D eigenvalue weighted by atomic mass is 16.1. The van der Waals surface area contributed by atoms with Crippen LogP contribution in [-0.2, 0) is 6.54 Å². The van der Waals surface area contributed by atoms with Gasteiger partial charge in [-0.1, -0.05) is 37.3 Å². The molecule has 0 radical (unpaired) electrons. The van der Waals surface area contributed by atoms with Gasteiger partial charge in [-0.3, -0.25) is 9.79 Å². The third-order valence-electron chi connectivity index (χ3n) is 5.51. The molecule has 1 aliphatic rings. The number of rotatable bonds is 7. The average molecular weight is 408 g/mol. The molecule has 1 saturated heterocycles. The van der Waals surface area contributed by atoms with Gasteiger partial charge < -0.3 is 20.9 Å². The maximum Gasteiger partial charge on any atom is 0.251 e. The van der Waals surface area contributed by atoms with Crippen LogP contribution < -0.4 is 20.9 Å². The lowest BCUT2D eigenvalue weighted by atomic mass is 10.1. The van der Waals surface area contributed by atoms with Crippen molar-refractivity contribution in [2.24, 2.45) is 4.99 Å². The SMILES string of the molecule is CCC(C)NC(=O)c1cccc(CNC(=NC)NC2CCN(c3ccccc3)C2)c1. The van der Waals surface area contributed by atoms with E-state index in [0.717, 1.165) is 37.5 Å². The van der Waals surface area contributed by atoms with E-state index in [4.69, 9.17) is 0 Å². The monoisotopic (exact) mass is 407 g/mol. The molecule has 2 atom stereocenters. The normalized spacial score (nSPS) is 17.5. The van der Waals surface area contributed by atoms with Crippen molar-refractivity contribution in [1.29, 1.82) is 0 Å². The fourth-order valence-corrected chi connectivity index (χ4v) is 3.56. The lowest BCUT2D eigenvalue weighted by Crippen LogP contribution is -2.44. The summed E-state index contributed by atoms with van der Waals surface area (Å²) in [4.78, 5) is 19.1. The zero-order valence-corrected chi connectivity index (χ0v) is 18.2. The van der Waals surface area contributed by atoms with Gasteiger partial charge in [0.25, 0.3) is 5.91 Å². The molecule has 3 rings (SSSR count). The van der Waals surface area contributed by atoms with E-state index >= 15 is 0 Å². The highest BCUT2D eigenvalue weighted by molar-refractivity contribution is 5.94. The summed E-state index contributed by atoms with van der Waals surface area (Å²) in [5.41, 5.74) is 3.00. The van der Waals surface area contributed by atoms with Crippen LogP contribution in [0, 0.1) is 0 Å². The summed E-state index contributed by atoms with van der Waals surface area (Å²) in [5, 5.41) is 9.91. The molecule has 0 bridgehead atoms. The molecule has 30 heavy (non-hydrogen) atoms. The Morgan fingerprint density at radius 3 is 2.73 bits per heavy atom. The smallest absolute Gasteiger partial charge is 0.251 e. The van der Waals surface area contributed by atoms with Crippen molar-refractivity contribution >= 4 is 17.6 Å². The van der Waals surface area contributed by atoms with Crippen LogP contribution in [0.4, 0.5) is 5.69 Å². The third-order valence-corrected chi connectivity index (χ3v) is 5.51. The molecule has 1 aliphatic heterocycles. The van der Waals surface area contributed by atoms with Gasteiger partial charge in [-0.15, -0.1) is 0 Å². The van der Waals surface area contributed by atoms with Gasteiger partial charge in [0.15, 0.2) is 5.96 Å². The van der Waals surface area contributed by atoms with Crippen LogP contribution in [0.1, 0.15) is 42.6 Å². The zero-order valence-electron chi connectivity index (χ0n) is 18.2. The van der Waals surface area contributed by atoms with Crippen LogP contribution in [-0.4, -0.2) is 44.1 Å². The molecule has 2 unspecified atom stereocenters. The first-order valence-corrected chi connectivity index (χ1v) is 10.8. The van der Waals surface area contributed by atoms with E-state index in [1.54, 1.807) is 7.05 Å². The van der Waals surface area contributed by atoms with Crippen molar-refractivity contribution in [2.45, 2.75) is 45.3 Å². The molecular formula is C24H33N5O. The van der Waals surface area contributed by atoms with Gasteiger partial charge in [0.1, 0.15) is 0 Å². The lowest BCUT2D eigenvalue weighted by molar-refractivity contribution is 0.0939. The van der Waals surface area contributed by atoms with Crippen molar-refractivity contribution in [3.63, 3.8) is 0 Å². The summed E-state index contributed by atoms with van der Waals surface area (Å²) in [6.07, 6.45) is 1.98. The molecule has 6 nitrogen and oxygen atoms in total. The lowest BCUT2D eigenvalue weighted by Gasteiger charge is -2.20. The molecule has 0 saturated carbocycles. The van der Waals surface area contributed by atoms with E-state index in [9.17, 15) is 4.79 Å². The first kappa shape index (κ1) is 21.7. The topological polar surface area (TPSA) is 68.8 Å². The maximum absolute atomic E-state index is 12.4. The molecule has 0 aliphatic carbocycles. The second kappa shape index (κ2) is 10.7. The molecular weight excluding hydrogens is 374 g/mol. The Balaban J connectivity index is 1.51. The minimum Gasteiger partial charge on any atom is -0.369 e. The van der Waals surface area contributed by atoms with E-state index in [1.165, 1.54) is 5.69 Å². The molecule has 0 spiro atoms. The van der Waals surface area contributed by atoms with E-state index in [2.05, 4.69) is 57.0 Å². The van der Waals surface area contributed by atoms with Gasteiger partial charge in [0, 0.05) is 50.0 Å². The van der Waals surface area contributed by atoms with Gasteiger partial charge in [0.2, 0.25) is 0 Å². The van der Waals surface area contributed by atoms with Gasteiger partial charge in [-0.2, -0.15) is 0 Å². The molecule has 0 aromatic heterocycles. The summed E-state index contributed by atoms with van der Waals surface area (Å²) >= 11 is 0. The highest BCUT2D eigenvalue weighted by Crippen LogP contribution is 2.19. The number of nitrogens with zero attached hydrogens (tertiary/aromatic N) is 2. The number of carbonyl (C=O) groups excluding carboxylic acids is 1. The fourth-order valence-electron chi connectivity index (χ4n) is 3.56. The number of anilines is 1. The van der Waals surface area contributed by atoms with Crippen molar-refractivity contribution in [2.75, 3.05) is 25.0 Å². The van der Waals surface area contributed by atoms with Crippen LogP contribution in [0.3, 0.4) is 0 Å². The Kier molecular flexibility index (Phi) is 7.71. The Hall–Kier alpha value is -3.02. The fraction of sp³-hybridized carbons (Fsp3) is 0.417. The van der Waals surface area contributed by atoms with Crippen LogP contribution in [0.25, 0.3) is 0 Å². The molecule has 1 amide bonds. The number of guanidine groups is 1. The number of aliphatic imine (C=N–C) groups is 1. The van der Waals surface area contributed by atoms with Gasteiger partial charge in [0.05, 0.1) is 0 Å². The molecule has 6 heteroatoms.